The van der Waals surface area contributed by atoms with E-state index in [1.54, 1.807) is 12.1 Å². The van der Waals surface area contributed by atoms with Crippen LogP contribution in [0.15, 0.2) is 51.9 Å². The van der Waals surface area contributed by atoms with Crippen LogP contribution in [-0.2, 0) is 27.8 Å². The van der Waals surface area contributed by atoms with Crippen molar-refractivity contribution in [1.29, 1.82) is 0 Å². The first kappa shape index (κ1) is 17.1. The highest BCUT2D eigenvalue weighted by Gasteiger charge is 2.13. The second-order valence-electron chi connectivity index (χ2n) is 5.77. The molecule has 0 unspecified atom stereocenters. The summed E-state index contributed by atoms with van der Waals surface area (Å²) >= 11 is 0. The van der Waals surface area contributed by atoms with Crippen LogP contribution in [0.5, 0.6) is 0 Å². The number of benzene rings is 2. The first-order valence-corrected chi connectivity index (χ1v) is 9.11. The molecule has 1 amide bonds. The third-order valence-corrected chi connectivity index (χ3v) is 4.70. The highest BCUT2D eigenvalue weighted by molar-refractivity contribution is 7.89. The van der Waals surface area contributed by atoms with Crippen LogP contribution in [0.4, 0.5) is 0 Å². The molecule has 0 saturated heterocycles. The largest absolute Gasteiger partial charge is 0.356 e. The van der Waals surface area contributed by atoms with Gasteiger partial charge in [-0.3, -0.25) is 4.79 Å². The predicted molar refractivity (Wildman–Crippen MR) is 92.1 cm³/mol. The van der Waals surface area contributed by atoms with Crippen molar-refractivity contribution in [1.82, 2.24) is 10.5 Å². The maximum atomic E-state index is 12.1. The zero-order valence-corrected chi connectivity index (χ0v) is 14.3. The summed E-state index contributed by atoms with van der Waals surface area (Å²) in [5.74, 6) is -0.202. The van der Waals surface area contributed by atoms with Crippen LogP contribution in [0.1, 0.15) is 16.8 Å². The number of nitrogens with one attached hydrogen (secondary N) is 1. The fourth-order valence-corrected chi connectivity index (χ4v) is 2.96. The number of aryl methyl sites for hydroxylation is 1. The number of rotatable bonds is 5. The Kier molecular flexibility index (Phi) is 4.56. The van der Waals surface area contributed by atoms with Gasteiger partial charge in [0.1, 0.15) is 5.69 Å². The Balaban J connectivity index is 1.63. The Morgan fingerprint density at radius 3 is 2.60 bits per heavy atom. The molecule has 0 bridgehead atoms. The summed E-state index contributed by atoms with van der Waals surface area (Å²) in [5.41, 5.74) is 3.06. The van der Waals surface area contributed by atoms with Crippen LogP contribution in [0, 0.1) is 6.92 Å². The quantitative estimate of drug-likeness (QED) is 0.718. The molecule has 0 fully saturated rings. The topological polar surface area (TPSA) is 115 Å². The summed E-state index contributed by atoms with van der Waals surface area (Å²) in [6, 6.07) is 11.7. The van der Waals surface area contributed by atoms with E-state index in [1.165, 1.54) is 12.1 Å². The van der Waals surface area contributed by atoms with Crippen LogP contribution < -0.4 is 10.5 Å². The van der Waals surface area contributed by atoms with Crippen molar-refractivity contribution in [3.8, 4) is 0 Å². The first-order chi connectivity index (χ1) is 11.8. The van der Waals surface area contributed by atoms with E-state index in [0.717, 1.165) is 16.5 Å². The molecule has 0 radical (unpaired) electrons. The van der Waals surface area contributed by atoms with Gasteiger partial charge < -0.3 is 9.84 Å². The number of hydrogen-bond acceptors (Lipinski definition) is 5. The molecular weight excluding hydrogens is 342 g/mol. The number of carbonyl (C=O) groups excluding carboxylic acids is 1. The summed E-state index contributed by atoms with van der Waals surface area (Å²) in [6.07, 6.45) is 0.103. The van der Waals surface area contributed by atoms with Crippen molar-refractivity contribution in [3.63, 3.8) is 0 Å². The van der Waals surface area contributed by atoms with E-state index in [9.17, 15) is 13.2 Å². The lowest BCUT2D eigenvalue weighted by Crippen LogP contribution is -2.24. The molecule has 7 nitrogen and oxygen atoms in total. The third kappa shape index (κ3) is 4.04. The predicted octanol–water partition coefficient (Wildman–Crippen LogP) is 1.64. The molecular formula is C17H17N3O4S. The second-order valence-corrected chi connectivity index (χ2v) is 7.33. The fourth-order valence-electron chi connectivity index (χ4n) is 2.44. The number of nitrogens with two attached hydrogens (primary N) is 1. The maximum absolute atomic E-state index is 12.1. The molecule has 3 rings (SSSR count). The summed E-state index contributed by atoms with van der Waals surface area (Å²) in [5, 5.41) is 12.6. The molecule has 0 aliphatic rings. The van der Waals surface area contributed by atoms with Crippen molar-refractivity contribution >= 4 is 26.9 Å². The maximum Gasteiger partial charge on any atom is 0.238 e. The lowest BCUT2D eigenvalue weighted by molar-refractivity contribution is -0.120. The van der Waals surface area contributed by atoms with Gasteiger partial charge in [-0.25, -0.2) is 13.6 Å². The molecule has 1 heterocycles. The summed E-state index contributed by atoms with van der Waals surface area (Å²) in [4.78, 5) is 12.2. The van der Waals surface area contributed by atoms with Crippen molar-refractivity contribution < 1.29 is 17.7 Å². The van der Waals surface area contributed by atoms with Gasteiger partial charge in [-0.15, -0.1) is 0 Å². The third-order valence-electron chi connectivity index (χ3n) is 3.77. The van der Waals surface area contributed by atoms with Gasteiger partial charge in [0.25, 0.3) is 0 Å². The molecule has 0 aliphatic heterocycles. The lowest BCUT2D eigenvalue weighted by Gasteiger charge is -2.05. The van der Waals surface area contributed by atoms with Crippen LogP contribution in [0.2, 0.25) is 0 Å². The minimum atomic E-state index is -3.72. The highest BCUT2D eigenvalue weighted by Crippen LogP contribution is 2.20. The molecule has 0 saturated carbocycles. The van der Waals surface area contributed by atoms with E-state index < -0.39 is 10.0 Å². The number of primary sulfonamides is 1. The molecule has 25 heavy (non-hydrogen) atoms. The summed E-state index contributed by atoms with van der Waals surface area (Å²) in [6.45, 7) is 2.24. The Hall–Kier alpha value is -2.71. The van der Waals surface area contributed by atoms with Gasteiger partial charge in [0.05, 0.1) is 11.3 Å². The molecule has 8 heteroatoms. The summed E-state index contributed by atoms with van der Waals surface area (Å²) < 4.78 is 27.6. The van der Waals surface area contributed by atoms with Crippen LogP contribution >= 0.6 is 0 Å². The first-order valence-electron chi connectivity index (χ1n) is 7.56. The van der Waals surface area contributed by atoms with Gasteiger partial charge in [0.2, 0.25) is 15.9 Å². The zero-order valence-electron chi connectivity index (χ0n) is 13.5. The number of amides is 1. The summed E-state index contributed by atoms with van der Waals surface area (Å²) in [7, 11) is -3.72. The minimum Gasteiger partial charge on any atom is -0.356 e. The van der Waals surface area contributed by atoms with Crippen molar-refractivity contribution in [2.75, 3.05) is 0 Å². The van der Waals surface area contributed by atoms with Gasteiger partial charge in [0.15, 0.2) is 5.58 Å². The van der Waals surface area contributed by atoms with E-state index in [1.807, 2.05) is 25.1 Å². The van der Waals surface area contributed by atoms with Gasteiger partial charge in [0, 0.05) is 11.9 Å². The van der Waals surface area contributed by atoms with Gasteiger partial charge in [-0.2, -0.15) is 0 Å². The van der Waals surface area contributed by atoms with Gasteiger partial charge in [-0.05, 0) is 36.8 Å². The van der Waals surface area contributed by atoms with Gasteiger partial charge >= 0.3 is 0 Å². The number of nitrogens with zero attached hydrogens (tertiary/aromatic N) is 1. The number of fused-ring (bicyclic) bond motifs is 1. The monoisotopic (exact) mass is 359 g/mol. The number of aromatic nitrogens is 1. The fraction of sp³-hybridized carbons (Fsp3) is 0.176. The zero-order chi connectivity index (χ0) is 18.0. The number of sulfonamides is 1. The second kappa shape index (κ2) is 6.66. The van der Waals surface area contributed by atoms with Crippen molar-refractivity contribution in [2.45, 2.75) is 24.8 Å². The Morgan fingerprint density at radius 2 is 1.92 bits per heavy atom. The highest BCUT2D eigenvalue weighted by atomic mass is 32.2. The Bertz CT molecular complexity index is 1020. The van der Waals surface area contributed by atoms with E-state index in [2.05, 4.69) is 10.5 Å². The van der Waals surface area contributed by atoms with Crippen molar-refractivity contribution in [2.24, 2.45) is 5.14 Å². The molecule has 2 aromatic carbocycles. The normalized spacial score (nSPS) is 11.6. The average molecular weight is 359 g/mol. The average Bonchev–Trinajstić information content (AvgIpc) is 2.95. The molecule has 0 atom stereocenters. The number of carbonyl (C=O) groups is 1. The smallest absolute Gasteiger partial charge is 0.238 e. The van der Waals surface area contributed by atoms with Gasteiger partial charge in [-0.1, -0.05) is 28.9 Å². The van der Waals surface area contributed by atoms with E-state index in [4.69, 9.17) is 9.66 Å². The molecule has 0 aliphatic carbocycles. The molecule has 1 aromatic heterocycles. The SMILES string of the molecule is Cc1ccc2onc(CC(=O)NCc3ccc(S(N)(=O)=O)cc3)c2c1. The van der Waals surface area contributed by atoms with Crippen LogP contribution in [0.25, 0.3) is 11.0 Å². The van der Waals surface area contributed by atoms with Crippen LogP contribution in [-0.4, -0.2) is 19.5 Å². The Labute approximate surface area is 144 Å². The lowest BCUT2D eigenvalue weighted by atomic mass is 10.1. The molecule has 130 valence electrons. The van der Waals surface area contributed by atoms with E-state index >= 15 is 0 Å². The van der Waals surface area contributed by atoms with E-state index in [0.29, 0.717) is 11.3 Å². The Morgan fingerprint density at radius 1 is 1.20 bits per heavy atom. The molecule has 3 aromatic rings. The van der Waals surface area contributed by atoms with E-state index in [-0.39, 0.29) is 23.8 Å². The van der Waals surface area contributed by atoms with Crippen LogP contribution in [0.3, 0.4) is 0 Å². The minimum absolute atomic E-state index is 0.0343. The van der Waals surface area contributed by atoms with Crippen molar-refractivity contribution in [3.05, 3.63) is 59.3 Å². The molecule has 3 N–H and O–H groups in total. The standard InChI is InChI=1S/C17H17N3O4S/c1-11-2-7-16-14(8-11)15(20-24-16)9-17(21)19-10-12-3-5-13(6-4-12)25(18,22)23/h2-8H,9-10H2,1H3,(H,19,21)(H2,18,22,23). The molecule has 0 spiro atoms. The number of hydrogen-bond donors (Lipinski definition) is 2.